The highest BCUT2D eigenvalue weighted by atomic mass is 19.4. The van der Waals surface area contributed by atoms with Crippen molar-refractivity contribution in [3.8, 4) is 6.07 Å². The fraction of sp³-hybridized carbons (Fsp3) is 0.200. The van der Waals surface area contributed by atoms with E-state index in [1.165, 1.54) is 0 Å². The number of nitrogens with one attached hydrogen (secondary N) is 2. The number of nitriles is 1. The van der Waals surface area contributed by atoms with Crippen LogP contribution in [0.4, 0.5) is 13.2 Å². The highest BCUT2D eigenvalue weighted by Crippen LogP contribution is 2.29. The molecular weight excluding hydrogens is 295 g/mol. The van der Waals surface area contributed by atoms with Crippen LogP contribution in [-0.4, -0.2) is 4.98 Å². The summed E-state index contributed by atoms with van der Waals surface area (Å²) in [6.07, 6.45) is -4.61. The number of aromatic nitrogens is 1. The van der Waals surface area contributed by atoms with Crippen molar-refractivity contribution in [3.63, 3.8) is 0 Å². The lowest BCUT2D eigenvalue weighted by Gasteiger charge is -2.12. The van der Waals surface area contributed by atoms with Crippen molar-refractivity contribution < 1.29 is 13.2 Å². The second-order valence-corrected chi connectivity index (χ2v) is 4.64. The predicted molar refractivity (Wildman–Crippen MR) is 73.8 cm³/mol. The van der Waals surface area contributed by atoms with Crippen LogP contribution in [0, 0.1) is 11.3 Å². The quantitative estimate of drug-likeness (QED) is 0.912. The highest BCUT2D eigenvalue weighted by Gasteiger charge is 2.34. The Balaban J connectivity index is 2.09. The van der Waals surface area contributed by atoms with Gasteiger partial charge in [0.15, 0.2) is 0 Å². The van der Waals surface area contributed by atoms with Crippen molar-refractivity contribution in [1.82, 2.24) is 10.3 Å². The number of aromatic amines is 1. The Kier molecular flexibility index (Phi) is 4.63. The van der Waals surface area contributed by atoms with Crippen molar-refractivity contribution in [2.24, 2.45) is 0 Å². The summed E-state index contributed by atoms with van der Waals surface area (Å²) in [5.41, 5.74) is -0.601. The molecule has 1 aromatic heterocycles. The lowest BCUT2D eigenvalue weighted by molar-refractivity contribution is -0.142. The van der Waals surface area contributed by atoms with Crippen LogP contribution in [0.2, 0.25) is 0 Å². The van der Waals surface area contributed by atoms with E-state index in [1.807, 2.05) is 11.1 Å². The molecule has 0 fully saturated rings. The van der Waals surface area contributed by atoms with Gasteiger partial charge in [0.2, 0.25) is 5.56 Å². The second kappa shape index (κ2) is 6.45. The number of halogens is 3. The average Bonchev–Trinajstić information content (AvgIpc) is 2.48. The number of rotatable bonds is 4. The molecule has 0 spiro atoms. The highest BCUT2D eigenvalue weighted by molar-refractivity contribution is 5.32. The van der Waals surface area contributed by atoms with Gasteiger partial charge in [-0.1, -0.05) is 18.2 Å². The van der Waals surface area contributed by atoms with E-state index in [1.54, 1.807) is 24.3 Å². The first-order chi connectivity index (χ1) is 10.4. The molecule has 0 bridgehead atoms. The fourth-order valence-electron chi connectivity index (χ4n) is 2.00. The van der Waals surface area contributed by atoms with Gasteiger partial charge >= 0.3 is 6.18 Å². The first kappa shape index (κ1) is 15.8. The molecular formula is C15H12F3N3O. The number of nitrogens with zero attached hydrogens (tertiary/aromatic N) is 1. The van der Waals surface area contributed by atoms with E-state index < -0.39 is 17.4 Å². The lowest BCUT2D eigenvalue weighted by atomic mass is 10.1. The number of alkyl halides is 3. The standard InChI is InChI=1S/C15H12F3N3O/c16-15(17,18)14-12(4-5-13(22)21-14)9-20-8-11-3-1-2-10(6-11)7-19/h1-6,20H,8-9H2,(H,21,22). The number of pyridine rings is 1. The maximum absolute atomic E-state index is 12.8. The third-order valence-electron chi connectivity index (χ3n) is 2.99. The summed E-state index contributed by atoms with van der Waals surface area (Å²) in [5, 5.41) is 11.7. The molecule has 7 heteroatoms. The van der Waals surface area contributed by atoms with Crippen LogP contribution in [0.1, 0.15) is 22.4 Å². The zero-order chi connectivity index (χ0) is 16.2. The van der Waals surface area contributed by atoms with Crippen LogP contribution in [0.25, 0.3) is 0 Å². The Morgan fingerprint density at radius 3 is 2.64 bits per heavy atom. The normalized spacial score (nSPS) is 11.2. The van der Waals surface area contributed by atoms with Crippen LogP contribution in [0.15, 0.2) is 41.2 Å². The largest absolute Gasteiger partial charge is 0.431 e. The van der Waals surface area contributed by atoms with Crippen LogP contribution in [0.5, 0.6) is 0 Å². The maximum atomic E-state index is 12.8. The van der Waals surface area contributed by atoms with Gasteiger partial charge in [0.1, 0.15) is 5.69 Å². The molecule has 0 aliphatic rings. The van der Waals surface area contributed by atoms with Gasteiger partial charge in [0.05, 0.1) is 11.6 Å². The Morgan fingerprint density at radius 1 is 1.18 bits per heavy atom. The summed E-state index contributed by atoms with van der Waals surface area (Å²) in [6.45, 7) is 0.258. The zero-order valence-electron chi connectivity index (χ0n) is 11.4. The third-order valence-corrected chi connectivity index (χ3v) is 2.99. The number of hydrogen-bond acceptors (Lipinski definition) is 3. The minimum atomic E-state index is -4.61. The van der Waals surface area contributed by atoms with Crippen molar-refractivity contribution in [2.45, 2.75) is 19.3 Å². The van der Waals surface area contributed by atoms with E-state index in [2.05, 4.69) is 5.32 Å². The molecule has 1 aromatic carbocycles. The van der Waals surface area contributed by atoms with E-state index in [4.69, 9.17) is 5.26 Å². The lowest BCUT2D eigenvalue weighted by Crippen LogP contribution is -2.22. The summed E-state index contributed by atoms with van der Waals surface area (Å²) >= 11 is 0. The molecule has 22 heavy (non-hydrogen) atoms. The summed E-state index contributed by atoms with van der Waals surface area (Å²) in [4.78, 5) is 12.9. The average molecular weight is 307 g/mol. The van der Waals surface area contributed by atoms with Crippen molar-refractivity contribution in [2.75, 3.05) is 0 Å². The van der Waals surface area contributed by atoms with Crippen molar-refractivity contribution in [1.29, 1.82) is 5.26 Å². The number of benzene rings is 1. The molecule has 0 unspecified atom stereocenters. The minimum absolute atomic E-state index is 0.0384. The SMILES string of the molecule is N#Cc1cccc(CNCc2ccc(=O)[nH]c2C(F)(F)F)c1. The molecule has 2 rings (SSSR count). The third kappa shape index (κ3) is 3.96. The maximum Gasteiger partial charge on any atom is 0.431 e. The Labute approximate surface area is 124 Å². The summed E-state index contributed by atoms with van der Waals surface area (Å²) in [6, 6.07) is 11.0. The number of hydrogen-bond donors (Lipinski definition) is 2. The van der Waals surface area contributed by atoms with Gasteiger partial charge in [-0.25, -0.2) is 0 Å². The molecule has 0 aliphatic heterocycles. The summed E-state index contributed by atoms with van der Waals surface area (Å²) < 4.78 is 38.5. The topological polar surface area (TPSA) is 68.7 Å². The first-order valence-electron chi connectivity index (χ1n) is 6.39. The molecule has 114 valence electrons. The molecule has 2 N–H and O–H groups in total. The molecule has 0 radical (unpaired) electrons. The van der Waals surface area contributed by atoms with Gasteiger partial charge in [0.25, 0.3) is 0 Å². The summed E-state index contributed by atoms with van der Waals surface area (Å²) in [5.74, 6) is 0. The van der Waals surface area contributed by atoms with Crippen molar-refractivity contribution in [3.05, 3.63) is 69.1 Å². The Morgan fingerprint density at radius 2 is 1.95 bits per heavy atom. The Hall–Kier alpha value is -2.59. The van der Waals surface area contributed by atoms with Gasteiger partial charge in [0, 0.05) is 19.2 Å². The van der Waals surface area contributed by atoms with Gasteiger partial charge < -0.3 is 10.3 Å². The van der Waals surface area contributed by atoms with Gasteiger partial charge in [-0.3, -0.25) is 4.79 Å². The smallest absolute Gasteiger partial charge is 0.318 e. The van der Waals surface area contributed by atoms with Crippen LogP contribution in [0.3, 0.4) is 0 Å². The van der Waals surface area contributed by atoms with E-state index >= 15 is 0 Å². The summed E-state index contributed by atoms with van der Waals surface area (Å²) in [7, 11) is 0. The van der Waals surface area contributed by atoms with Crippen LogP contribution >= 0.6 is 0 Å². The Bertz CT molecular complexity index is 760. The van der Waals surface area contributed by atoms with Crippen molar-refractivity contribution >= 4 is 0 Å². The first-order valence-corrected chi connectivity index (χ1v) is 6.39. The molecule has 2 aromatic rings. The van der Waals surface area contributed by atoms with E-state index in [0.717, 1.165) is 17.7 Å². The molecule has 0 aliphatic carbocycles. The molecule has 1 heterocycles. The van der Waals surface area contributed by atoms with Gasteiger partial charge in [-0.15, -0.1) is 0 Å². The molecule has 4 nitrogen and oxygen atoms in total. The zero-order valence-corrected chi connectivity index (χ0v) is 11.4. The van der Waals surface area contributed by atoms with E-state index in [0.29, 0.717) is 12.1 Å². The monoisotopic (exact) mass is 307 g/mol. The van der Waals surface area contributed by atoms with E-state index in [9.17, 15) is 18.0 Å². The fourth-order valence-corrected chi connectivity index (χ4v) is 2.00. The van der Waals surface area contributed by atoms with Crippen LogP contribution in [-0.2, 0) is 19.3 Å². The van der Waals surface area contributed by atoms with Crippen LogP contribution < -0.4 is 10.9 Å². The molecule has 0 amide bonds. The predicted octanol–water partition coefficient (Wildman–Crippen LogP) is 2.56. The van der Waals surface area contributed by atoms with Gasteiger partial charge in [-0.2, -0.15) is 18.4 Å². The van der Waals surface area contributed by atoms with Gasteiger partial charge in [-0.05, 0) is 23.3 Å². The van der Waals surface area contributed by atoms with E-state index in [-0.39, 0.29) is 12.1 Å². The molecule has 0 saturated heterocycles. The number of H-pyrrole nitrogens is 1. The molecule has 0 saturated carbocycles. The minimum Gasteiger partial charge on any atom is -0.318 e. The second-order valence-electron chi connectivity index (χ2n) is 4.64. The molecule has 0 atom stereocenters.